The van der Waals surface area contributed by atoms with Gasteiger partial charge in [0, 0.05) is 23.8 Å². The van der Waals surface area contributed by atoms with Gasteiger partial charge in [-0.05, 0) is 48.2 Å². The molecule has 0 bridgehead atoms. The molecule has 0 N–H and O–H groups in total. The van der Waals surface area contributed by atoms with Gasteiger partial charge in [0.2, 0.25) is 0 Å². The van der Waals surface area contributed by atoms with E-state index in [0.29, 0.717) is 0 Å². The van der Waals surface area contributed by atoms with Crippen LogP contribution in [0.4, 0.5) is 5.69 Å². The molecule has 3 heterocycles. The van der Waals surface area contributed by atoms with Gasteiger partial charge in [-0.3, -0.25) is 4.99 Å². The number of benzene rings is 2. The fraction of sp³-hybridized carbons (Fsp3) is 0.150. The zero-order valence-corrected chi connectivity index (χ0v) is 12.5. The van der Waals surface area contributed by atoms with Crippen molar-refractivity contribution < 1.29 is 0 Å². The highest BCUT2D eigenvalue weighted by Crippen LogP contribution is 2.48. The van der Waals surface area contributed by atoms with Crippen LogP contribution in [0.1, 0.15) is 22.4 Å². The average Bonchev–Trinajstić information content (AvgIpc) is 3.15. The first-order valence-corrected chi connectivity index (χ1v) is 7.71. The van der Waals surface area contributed by atoms with Crippen molar-refractivity contribution in [3.63, 3.8) is 0 Å². The van der Waals surface area contributed by atoms with E-state index in [1.807, 2.05) is 0 Å². The third-order valence-corrected chi connectivity index (χ3v) is 5.06. The largest absolute Gasteiger partial charge is 0.319 e. The van der Waals surface area contributed by atoms with E-state index in [4.69, 9.17) is 4.99 Å². The Bertz CT molecular complexity index is 932. The van der Waals surface area contributed by atoms with E-state index in [1.54, 1.807) is 0 Å². The summed E-state index contributed by atoms with van der Waals surface area (Å²) in [6, 6.07) is 19.6. The molecule has 2 aliphatic heterocycles. The monoisotopic (exact) mass is 284 g/mol. The van der Waals surface area contributed by atoms with E-state index >= 15 is 0 Å². The molecule has 0 fully saturated rings. The summed E-state index contributed by atoms with van der Waals surface area (Å²) in [6.07, 6.45) is 5.30. The number of aromatic nitrogens is 1. The van der Waals surface area contributed by atoms with E-state index in [9.17, 15) is 0 Å². The minimum Gasteiger partial charge on any atom is -0.319 e. The zero-order valence-electron chi connectivity index (χ0n) is 12.5. The summed E-state index contributed by atoms with van der Waals surface area (Å²) < 4.78 is 2.32. The van der Waals surface area contributed by atoms with Crippen LogP contribution >= 0.6 is 0 Å². The van der Waals surface area contributed by atoms with E-state index in [0.717, 1.165) is 12.1 Å². The van der Waals surface area contributed by atoms with Crippen LogP contribution in [0.3, 0.4) is 0 Å². The van der Waals surface area contributed by atoms with E-state index in [2.05, 4.69) is 78.5 Å². The minimum atomic E-state index is -0.126. The van der Waals surface area contributed by atoms with Gasteiger partial charge in [-0.15, -0.1) is 0 Å². The summed E-state index contributed by atoms with van der Waals surface area (Å²) in [5.41, 5.74) is 7.60. The normalized spacial score (nSPS) is 20.8. The summed E-state index contributed by atoms with van der Waals surface area (Å²) in [4.78, 5) is 4.79. The predicted octanol–water partition coefficient (Wildman–Crippen LogP) is 4.34. The summed E-state index contributed by atoms with van der Waals surface area (Å²) in [5.74, 6) is 0. The molecule has 1 aromatic heterocycles. The molecule has 3 aromatic rings. The summed E-state index contributed by atoms with van der Waals surface area (Å²) in [5, 5.41) is 0. The number of rotatable bonds is 0. The predicted molar refractivity (Wildman–Crippen MR) is 89.6 cm³/mol. The highest BCUT2D eigenvalue weighted by Gasteiger charge is 2.43. The average molecular weight is 284 g/mol. The molecule has 2 aliphatic rings. The third kappa shape index (κ3) is 1.32. The van der Waals surface area contributed by atoms with Crippen molar-refractivity contribution in [2.24, 2.45) is 4.99 Å². The lowest BCUT2D eigenvalue weighted by molar-refractivity contribution is 0.633. The molecular weight excluding hydrogens is 268 g/mol. The van der Waals surface area contributed by atoms with Gasteiger partial charge in [-0.25, -0.2) is 0 Å². The number of hydrogen-bond donors (Lipinski definition) is 0. The standard InChI is InChI=1S/C20H16N2/c1-14-6-4-8-16-19(14)21-13-20(16)12-15-7-2-3-9-17(15)22-11-5-10-18(20)22/h2-11,13H,12H2,1H3. The molecular formula is C20H16N2. The van der Waals surface area contributed by atoms with Crippen molar-refractivity contribution in [2.75, 3.05) is 0 Å². The van der Waals surface area contributed by atoms with Gasteiger partial charge in [-0.2, -0.15) is 0 Å². The number of fused-ring (bicyclic) bond motifs is 6. The molecule has 0 radical (unpaired) electrons. The molecule has 1 unspecified atom stereocenters. The van der Waals surface area contributed by atoms with Crippen LogP contribution in [-0.4, -0.2) is 10.8 Å². The van der Waals surface area contributed by atoms with Gasteiger partial charge in [0.15, 0.2) is 0 Å². The highest BCUT2D eigenvalue weighted by molar-refractivity contribution is 5.91. The lowest BCUT2D eigenvalue weighted by Crippen LogP contribution is -2.36. The smallest absolute Gasteiger partial charge is 0.0772 e. The molecule has 106 valence electrons. The number of nitrogens with zero attached hydrogens (tertiary/aromatic N) is 2. The summed E-state index contributed by atoms with van der Waals surface area (Å²) in [6.45, 7) is 2.14. The lowest BCUT2D eigenvalue weighted by atomic mass is 9.72. The fourth-order valence-electron chi connectivity index (χ4n) is 4.02. The highest BCUT2D eigenvalue weighted by atomic mass is 15.0. The Kier molecular flexibility index (Phi) is 2.17. The van der Waals surface area contributed by atoms with Crippen molar-refractivity contribution >= 4 is 11.9 Å². The second-order valence-electron chi connectivity index (χ2n) is 6.27. The van der Waals surface area contributed by atoms with Gasteiger partial charge in [0.1, 0.15) is 0 Å². The van der Waals surface area contributed by atoms with Crippen LogP contribution in [0.15, 0.2) is 65.8 Å². The molecule has 5 rings (SSSR count). The lowest BCUT2D eigenvalue weighted by Gasteiger charge is -2.35. The van der Waals surface area contributed by atoms with Crippen LogP contribution in [0.2, 0.25) is 0 Å². The summed E-state index contributed by atoms with van der Waals surface area (Å²) >= 11 is 0. The number of aliphatic imine (C=N–C) groups is 1. The first kappa shape index (κ1) is 12.0. The minimum absolute atomic E-state index is 0.126. The first-order chi connectivity index (χ1) is 10.8. The quantitative estimate of drug-likeness (QED) is 0.584. The van der Waals surface area contributed by atoms with Crippen molar-refractivity contribution in [2.45, 2.75) is 18.8 Å². The molecule has 0 saturated carbocycles. The Morgan fingerprint density at radius 2 is 1.91 bits per heavy atom. The Morgan fingerprint density at radius 3 is 2.86 bits per heavy atom. The molecule has 0 saturated heterocycles. The van der Waals surface area contributed by atoms with Crippen LogP contribution in [0.25, 0.3) is 5.69 Å². The fourth-order valence-corrected chi connectivity index (χ4v) is 4.02. The van der Waals surface area contributed by atoms with Crippen LogP contribution in [0, 0.1) is 6.92 Å². The molecule has 0 aliphatic carbocycles. The van der Waals surface area contributed by atoms with Gasteiger partial charge in [-0.1, -0.05) is 36.4 Å². The second kappa shape index (κ2) is 3.98. The van der Waals surface area contributed by atoms with Crippen molar-refractivity contribution in [3.05, 3.63) is 83.2 Å². The van der Waals surface area contributed by atoms with Crippen LogP contribution in [-0.2, 0) is 11.8 Å². The van der Waals surface area contributed by atoms with Gasteiger partial charge in [0.05, 0.1) is 11.1 Å². The van der Waals surface area contributed by atoms with Crippen LogP contribution in [0.5, 0.6) is 0 Å². The van der Waals surface area contributed by atoms with E-state index < -0.39 is 0 Å². The molecule has 2 nitrogen and oxygen atoms in total. The maximum atomic E-state index is 4.79. The van der Waals surface area contributed by atoms with E-state index in [-0.39, 0.29) is 5.41 Å². The van der Waals surface area contributed by atoms with Crippen molar-refractivity contribution in [1.29, 1.82) is 0 Å². The second-order valence-corrected chi connectivity index (χ2v) is 6.27. The molecule has 0 amide bonds. The Labute approximate surface area is 129 Å². The molecule has 22 heavy (non-hydrogen) atoms. The number of hydrogen-bond acceptors (Lipinski definition) is 1. The zero-order chi connectivity index (χ0) is 14.7. The Hall–Kier alpha value is -2.61. The topological polar surface area (TPSA) is 17.3 Å². The Morgan fingerprint density at radius 1 is 1.00 bits per heavy atom. The van der Waals surface area contributed by atoms with Crippen molar-refractivity contribution in [3.8, 4) is 5.69 Å². The maximum Gasteiger partial charge on any atom is 0.0772 e. The first-order valence-electron chi connectivity index (χ1n) is 7.71. The molecule has 2 aromatic carbocycles. The third-order valence-electron chi connectivity index (χ3n) is 5.06. The SMILES string of the molecule is Cc1cccc2c1N=CC21Cc2ccccc2-n2cccc21. The van der Waals surface area contributed by atoms with E-state index in [1.165, 1.54) is 28.1 Å². The van der Waals surface area contributed by atoms with Crippen LogP contribution < -0.4 is 0 Å². The molecule has 1 spiro atoms. The van der Waals surface area contributed by atoms with Crippen molar-refractivity contribution in [1.82, 2.24) is 4.57 Å². The van der Waals surface area contributed by atoms with Gasteiger partial charge < -0.3 is 4.57 Å². The molecule has 2 heteroatoms. The number of para-hydroxylation sites is 2. The maximum absolute atomic E-state index is 4.79. The van der Waals surface area contributed by atoms with Gasteiger partial charge >= 0.3 is 0 Å². The Balaban J connectivity index is 1.84. The number of aryl methyl sites for hydroxylation is 1. The van der Waals surface area contributed by atoms with Gasteiger partial charge in [0.25, 0.3) is 0 Å². The molecule has 1 atom stereocenters. The summed E-state index contributed by atoms with van der Waals surface area (Å²) in [7, 11) is 0.